The van der Waals surface area contributed by atoms with Gasteiger partial charge in [-0.25, -0.2) is 22.3 Å². The van der Waals surface area contributed by atoms with Crippen LogP contribution in [0.3, 0.4) is 0 Å². The van der Waals surface area contributed by atoms with Gasteiger partial charge in [-0.1, -0.05) is 18.2 Å². The summed E-state index contributed by atoms with van der Waals surface area (Å²) in [4.78, 5) is 11.5. The Morgan fingerprint density at radius 2 is 2.04 bits per heavy atom. The van der Waals surface area contributed by atoms with Crippen molar-refractivity contribution in [3.8, 4) is 5.75 Å². The van der Waals surface area contributed by atoms with Crippen molar-refractivity contribution in [2.24, 2.45) is 0 Å². The second-order valence-corrected chi connectivity index (χ2v) is 6.95. The Bertz CT molecular complexity index is 912. The molecule has 0 fully saturated rings. The van der Waals surface area contributed by atoms with E-state index in [2.05, 4.69) is 11.3 Å². The molecule has 0 unspecified atom stereocenters. The summed E-state index contributed by atoms with van der Waals surface area (Å²) >= 11 is 0. The highest BCUT2D eigenvalue weighted by Crippen LogP contribution is 2.18. The number of esters is 1. The molecule has 0 saturated heterocycles. The molecule has 0 spiro atoms. The highest BCUT2D eigenvalue weighted by Gasteiger charge is 2.21. The molecule has 0 saturated carbocycles. The standard InChI is InChI=1S/C18H18FNO5S/c1-3-9-20-26(22,23)17-11-14(7-8-16(17)19)18(21)25-12-13-5-4-6-15(10-13)24-2/h3-8,10-11,20H,1,9,12H2,2H3. The molecule has 0 aliphatic rings. The highest BCUT2D eigenvalue weighted by atomic mass is 32.2. The summed E-state index contributed by atoms with van der Waals surface area (Å²) in [5.41, 5.74) is 0.619. The topological polar surface area (TPSA) is 81.7 Å². The van der Waals surface area contributed by atoms with Crippen LogP contribution in [0, 0.1) is 5.82 Å². The first-order chi connectivity index (χ1) is 12.4. The second kappa shape index (κ2) is 8.59. The van der Waals surface area contributed by atoms with Crippen LogP contribution in [-0.4, -0.2) is 28.0 Å². The van der Waals surface area contributed by atoms with Crippen molar-refractivity contribution in [1.29, 1.82) is 0 Å². The summed E-state index contributed by atoms with van der Waals surface area (Å²) in [6, 6.07) is 9.95. The number of sulfonamides is 1. The van der Waals surface area contributed by atoms with Gasteiger partial charge < -0.3 is 9.47 Å². The van der Waals surface area contributed by atoms with Crippen molar-refractivity contribution < 1.29 is 27.1 Å². The number of carbonyl (C=O) groups excluding carboxylic acids is 1. The van der Waals surface area contributed by atoms with E-state index in [0.717, 1.165) is 18.2 Å². The lowest BCUT2D eigenvalue weighted by Gasteiger charge is -2.09. The van der Waals surface area contributed by atoms with Gasteiger partial charge in [-0.3, -0.25) is 0 Å². The van der Waals surface area contributed by atoms with Crippen LogP contribution in [0.15, 0.2) is 60.0 Å². The van der Waals surface area contributed by atoms with Gasteiger partial charge in [-0.15, -0.1) is 6.58 Å². The predicted octanol–water partition coefficient (Wildman–Crippen LogP) is 2.66. The average Bonchev–Trinajstić information content (AvgIpc) is 2.64. The van der Waals surface area contributed by atoms with E-state index in [-0.39, 0.29) is 18.7 Å². The average molecular weight is 379 g/mol. The third-order valence-corrected chi connectivity index (χ3v) is 4.82. The third-order valence-electron chi connectivity index (χ3n) is 3.38. The summed E-state index contributed by atoms with van der Waals surface area (Å²) in [6.45, 7) is 3.29. The van der Waals surface area contributed by atoms with Gasteiger partial charge in [0.25, 0.3) is 0 Å². The fourth-order valence-corrected chi connectivity index (χ4v) is 3.18. The molecule has 8 heteroatoms. The molecule has 2 aromatic rings. The van der Waals surface area contributed by atoms with Gasteiger partial charge in [-0.05, 0) is 35.9 Å². The lowest BCUT2D eigenvalue weighted by molar-refractivity contribution is 0.0472. The van der Waals surface area contributed by atoms with E-state index in [1.54, 1.807) is 24.3 Å². The molecule has 1 N–H and O–H groups in total. The number of hydrogen-bond donors (Lipinski definition) is 1. The fraction of sp³-hybridized carbons (Fsp3) is 0.167. The van der Waals surface area contributed by atoms with Crippen molar-refractivity contribution in [1.82, 2.24) is 4.72 Å². The first kappa shape index (κ1) is 19.6. The van der Waals surface area contributed by atoms with Crippen LogP contribution in [0.1, 0.15) is 15.9 Å². The zero-order valence-electron chi connectivity index (χ0n) is 14.1. The number of halogens is 1. The van der Waals surface area contributed by atoms with Crippen molar-refractivity contribution >= 4 is 16.0 Å². The van der Waals surface area contributed by atoms with Gasteiger partial charge in [0.2, 0.25) is 10.0 Å². The third kappa shape index (κ3) is 4.90. The normalized spacial score (nSPS) is 11.0. The maximum absolute atomic E-state index is 13.9. The van der Waals surface area contributed by atoms with Crippen LogP contribution in [-0.2, 0) is 21.4 Å². The summed E-state index contributed by atoms with van der Waals surface area (Å²) < 4.78 is 50.4. The van der Waals surface area contributed by atoms with Gasteiger partial charge in [0.1, 0.15) is 23.1 Å². The molecule has 0 aromatic heterocycles. The Labute approximate surface area is 151 Å². The maximum Gasteiger partial charge on any atom is 0.338 e. The van der Waals surface area contributed by atoms with Gasteiger partial charge in [-0.2, -0.15) is 0 Å². The van der Waals surface area contributed by atoms with Gasteiger partial charge >= 0.3 is 5.97 Å². The molecule has 6 nitrogen and oxygen atoms in total. The monoisotopic (exact) mass is 379 g/mol. The first-order valence-corrected chi connectivity index (χ1v) is 9.06. The van der Waals surface area contributed by atoms with E-state index >= 15 is 0 Å². The molecule has 138 valence electrons. The maximum atomic E-state index is 13.9. The number of nitrogens with one attached hydrogen (secondary N) is 1. The zero-order valence-corrected chi connectivity index (χ0v) is 14.9. The first-order valence-electron chi connectivity index (χ1n) is 7.57. The van der Waals surface area contributed by atoms with Crippen LogP contribution in [0.4, 0.5) is 4.39 Å². The molecule has 0 amide bonds. The number of methoxy groups -OCH3 is 1. The summed E-state index contributed by atoms with van der Waals surface area (Å²) in [6.07, 6.45) is 1.32. The van der Waals surface area contributed by atoms with Crippen molar-refractivity contribution in [3.63, 3.8) is 0 Å². The molecule has 0 radical (unpaired) electrons. The molecule has 0 heterocycles. The number of benzene rings is 2. The highest BCUT2D eigenvalue weighted by molar-refractivity contribution is 7.89. The Kier molecular flexibility index (Phi) is 6.48. The minimum absolute atomic E-state index is 0.0375. The van der Waals surface area contributed by atoms with E-state index in [1.807, 2.05) is 0 Å². The van der Waals surface area contributed by atoms with Crippen molar-refractivity contribution in [3.05, 3.63) is 72.1 Å². The lowest BCUT2D eigenvalue weighted by Crippen LogP contribution is -2.25. The summed E-state index contributed by atoms with van der Waals surface area (Å²) in [7, 11) is -2.59. The lowest BCUT2D eigenvalue weighted by atomic mass is 10.2. The van der Waals surface area contributed by atoms with Crippen LogP contribution in [0.25, 0.3) is 0 Å². The van der Waals surface area contributed by atoms with Crippen molar-refractivity contribution in [2.45, 2.75) is 11.5 Å². The van der Waals surface area contributed by atoms with Gasteiger partial charge in [0, 0.05) is 6.54 Å². The van der Waals surface area contributed by atoms with Crippen LogP contribution in [0.5, 0.6) is 5.75 Å². The predicted molar refractivity (Wildman–Crippen MR) is 93.9 cm³/mol. The van der Waals surface area contributed by atoms with Crippen LogP contribution >= 0.6 is 0 Å². The van der Waals surface area contributed by atoms with E-state index < -0.39 is 26.7 Å². The molecule has 2 rings (SSSR count). The van der Waals surface area contributed by atoms with E-state index in [1.165, 1.54) is 13.2 Å². The molecule has 2 aromatic carbocycles. The minimum atomic E-state index is -4.11. The fourth-order valence-electron chi connectivity index (χ4n) is 2.08. The summed E-state index contributed by atoms with van der Waals surface area (Å²) in [5.74, 6) is -1.12. The van der Waals surface area contributed by atoms with E-state index in [0.29, 0.717) is 11.3 Å². The molecule has 0 aliphatic carbocycles. The SMILES string of the molecule is C=CCNS(=O)(=O)c1cc(C(=O)OCc2cccc(OC)c2)ccc1F. The zero-order chi connectivity index (χ0) is 19.2. The number of carbonyl (C=O) groups is 1. The Morgan fingerprint density at radius 3 is 2.73 bits per heavy atom. The van der Waals surface area contributed by atoms with E-state index in [4.69, 9.17) is 9.47 Å². The molecule has 26 heavy (non-hydrogen) atoms. The molecular formula is C18H18FNO5S. The van der Waals surface area contributed by atoms with Gasteiger partial charge in [0.15, 0.2) is 0 Å². The second-order valence-electron chi connectivity index (χ2n) is 5.21. The molecule has 0 aliphatic heterocycles. The number of ether oxygens (including phenoxy) is 2. The number of hydrogen-bond acceptors (Lipinski definition) is 5. The Hall–Kier alpha value is -2.71. The quantitative estimate of drug-likeness (QED) is 0.563. The Balaban J connectivity index is 2.16. The Morgan fingerprint density at radius 1 is 1.27 bits per heavy atom. The molecular weight excluding hydrogens is 361 g/mol. The molecule has 0 bridgehead atoms. The largest absolute Gasteiger partial charge is 0.497 e. The van der Waals surface area contributed by atoms with Gasteiger partial charge in [0.05, 0.1) is 12.7 Å². The smallest absolute Gasteiger partial charge is 0.338 e. The molecule has 0 atom stereocenters. The van der Waals surface area contributed by atoms with E-state index in [9.17, 15) is 17.6 Å². The number of rotatable bonds is 8. The summed E-state index contributed by atoms with van der Waals surface area (Å²) in [5, 5.41) is 0. The van der Waals surface area contributed by atoms with Crippen molar-refractivity contribution in [2.75, 3.05) is 13.7 Å². The minimum Gasteiger partial charge on any atom is -0.497 e. The van der Waals surface area contributed by atoms with Crippen LogP contribution in [0.2, 0.25) is 0 Å². The van der Waals surface area contributed by atoms with Crippen LogP contribution < -0.4 is 9.46 Å².